The maximum Gasteiger partial charge on any atom is 0.281 e. The molecule has 1 aromatic heterocycles. The molecule has 0 spiro atoms. The number of nitrogens with zero attached hydrogens (tertiary/aromatic N) is 5. The summed E-state index contributed by atoms with van der Waals surface area (Å²) in [6.45, 7) is 1.79. The van der Waals surface area contributed by atoms with Crippen LogP contribution in [0.5, 0.6) is 0 Å². The normalized spacial score (nSPS) is 24.3. The summed E-state index contributed by atoms with van der Waals surface area (Å²) in [5.41, 5.74) is 1.83. The van der Waals surface area contributed by atoms with Gasteiger partial charge in [0.15, 0.2) is 0 Å². The molecule has 1 aromatic carbocycles. The third kappa shape index (κ3) is 3.31. The Balaban J connectivity index is 1.62. The second-order valence-corrected chi connectivity index (χ2v) is 9.25. The topological polar surface area (TPSA) is 112 Å². The molecule has 3 heterocycles. The molecule has 2 fully saturated rings. The summed E-state index contributed by atoms with van der Waals surface area (Å²) in [6.07, 6.45) is 0. The minimum absolute atomic E-state index is 0.0769. The first kappa shape index (κ1) is 18.3. The van der Waals surface area contributed by atoms with Gasteiger partial charge in [-0.1, -0.05) is 0 Å². The zero-order valence-electron chi connectivity index (χ0n) is 15.2. The Morgan fingerprint density at radius 3 is 2.74 bits per heavy atom. The molecule has 1 amide bonds. The predicted octanol–water partition coefficient (Wildman–Crippen LogP) is -0.463. The number of carbonyl (C=O) groups excluding carboxylic acids is 1. The van der Waals surface area contributed by atoms with Crippen LogP contribution in [-0.2, 0) is 14.9 Å². The highest BCUT2D eigenvalue weighted by Crippen LogP contribution is 2.25. The van der Waals surface area contributed by atoms with Crippen molar-refractivity contribution in [2.24, 2.45) is 5.92 Å². The van der Waals surface area contributed by atoms with Gasteiger partial charge in [0, 0.05) is 45.2 Å². The van der Waals surface area contributed by atoms with Gasteiger partial charge in [-0.2, -0.15) is 32.4 Å². The lowest BCUT2D eigenvalue weighted by Gasteiger charge is -2.32. The molecule has 0 aliphatic carbocycles. The smallest absolute Gasteiger partial charge is 0.281 e. The second kappa shape index (κ2) is 6.82. The van der Waals surface area contributed by atoms with Crippen LogP contribution in [-0.4, -0.2) is 96.2 Å². The lowest BCUT2D eigenvalue weighted by atomic mass is 10.1. The third-order valence-corrected chi connectivity index (χ3v) is 6.99. The number of benzene rings is 1. The largest absolute Gasteiger partial charge is 0.379 e. The van der Waals surface area contributed by atoms with E-state index in [9.17, 15) is 13.2 Å². The fourth-order valence-electron chi connectivity index (χ4n) is 3.62. The number of hydrogen-bond acceptors (Lipinski definition) is 6. The van der Waals surface area contributed by atoms with Crippen LogP contribution < -0.4 is 0 Å². The van der Waals surface area contributed by atoms with Gasteiger partial charge in [-0.15, -0.1) is 0 Å². The maximum absolute atomic E-state index is 13.1. The lowest BCUT2D eigenvalue weighted by molar-refractivity contribution is 0.0458. The fraction of sp³-hybridized carbons (Fsp3) is 0.562. The second-order valence-electron chi connectivity index (χ2n) is 7.15. The molecule has 0 radical (unpaired) electrons. The van der Waals surface area contributed by atoms with Gasteiger partial charge in [0.05, 0.1) is 19.3 Å². The van der Waals surface area contributed by atoms with E-state index in [2.05, 4.69) is 15.4 Å². The Morgan fingerprint density at radius 1 is 1.19 bits per heavy atom. The highest BCUT2D eigenvalue weighted by atomic mass is 32.2. The molecular formula is C16H22N6O4S. The molecule has 0 unspecified atom stereocenters. The van der Waals surface area contributed by atoms with Crippen molar-refractivity contribution in [3.8, 4) is 0 Å². The molecule has 0 saturated carbocycles. The molecule has 146 valence electrons. The summed E-state index contributed by atoms with van der Waals surface area (Å²) in [7, 11) is -0.556. The Hall–Kier alpha value is -2.08. The molecule has 27 heavy (non-hydrogen) atoms. The number of amides is 1. The zero-order valence-corrected chi connectivity index (χ0v) is 16.0. The molecule has 2 aromatic rings. The van der Waals surface area contributed by atoms with E-state index in [1.54, 1.807) is 23.1 Å². The number of fused-ring (bicyclic) bond motifs is 4. The van der Waals surface area contributed by atoms with Gasteiger partial charge < -0.3 is 9.64 Å². The first-order valence-corrected chi connectivity index (χ1v) is 10.1. The first-order chi connectivity index (χ1) is 12.9. The molecule has 1 N–H and O–H groups in total. The van der Waals surface area contributed by atoms with Crippen molar-refractivity contribution in [3.05, 3.63) is 23.8 Å². The number of hydrogen-bond donors (Lipinski definition) is 1. The standard InChI is InChI=1S/C16H22N6O4S/c1-20(2)27(24,25)22-7-11-6-21(8-13(22)10-26-9-11)16(23)12-3-4-14-15(5-12)18-19-17-14/h3-5,11,13H,6-10H2,1-2H3,(H,17,18,19)/t11-,13-/m0/s1. The summed E-state index contributed by atoms with van der Waals surface area (Å²) in [5.74, 6) is -0.215. The van der Waals surface area contributed by atoms with Crippen molar-refractivity contribution < 1.29 is 17.9 Å². The number of aromatic nitrogens is 3. The Bertz CT molecular complexity index is 959. The van der Waals surface area contributed by atoms with Crippen molar-refractivity contribution in [1.82, 2.24) is 28.9 Å². The summed E-state index contributed by atoms with van der Waals surface area (Å²) >= 11 is 0. The van der Waals surface area contributed by atoms with Crippen molar-refractivity contribution >= 4 is 27.1 Å². The molecule has 2 atom stereocenters. The first-order valence-electron chi connectivity index (χ1n) is 8.73. The molecule has 2 aliphatic rings. The number of rotatable bonds is 3. The number of carbonyl (C=O) groups is 1. The van der Waals surface area contributed by atoms with Gasteiger partial charge in [-0.3, -0.25) is 4.79 Å². The van der Waals surface area contributed by atoms with E-state index in [1.807, 2.05) is 0 Å². The third-order valence-electron chi connectivity index (χ3n) is 5.03. The Morgan fingerprint density at radius 2 is 1.96 bits per heavy atom. The molecular weight excluding hydrogens is 372 g/mol. The van der Waals surface area contributed by atoms with E-state index in [0.717, 1.165) is 0 Å². The molecule has 11 heteroatoms. The average molecular weight is 394 g/mol. The zero-order chi connectivity index (χ0) is 19.2. The van der Waals surface area contributed by atoms with Gasteiger partial charge in [0.25, 0.3) is 16.1 Å². The lowest BCUT2D eigenvalue weighted by Crippen LogP contribution is -2.50. The SMILES string of the molecule is CN(C)S(=O)(=O)N1C[C@H]2COC[C@@H]1CN(C(=O)c1ccc3n[nH]nc3c1)C2. The summed E-state index contributed by atoms with van der Waals surface area (Å²) < 4.78 is 33.8. The molecule has 4 rings (SSSR count). The van der Waals surface area contributed by atoms with E-state index >= 15 is 0 Å². The maximum atomic E-state index is 13.1. The van der Waals surface area contributed by atoms with Crippen LogP contribution in [0, 0.1) is 5.92 Å². The number of aromatic amines is 1. The predicted molar refractivity (Wildman–Crippen MR) is 97.2 cm³/mol. The van der Waals surface area contributed by atoms with Gasteiger partial charge in [-0.25, -0.2) is 0 Å². The van der Waals surface area contributed by atoms with Crippen molar-refractivity contribution in [1.29, 1.82) is 0 Å². The van der Waals surface area contributed by atoms with Crippen molar-refractivity contribution in [2.75, 3.05) is 46.9 Å². The molecule has 2 saturated heterocycles. The van der Waals surface area contributed by atoms with Gasteiger partial charge >= 0.3 is 0 Å². The monoisotopic (exact) mass is 394 g/mol. The minimum atomic E-state index is -3.59. The minimum Gasteiger partial charge on any atom is -0.379 e. The Kier molecular flexibility index (Phi) is 4.62. The van der Waals surface area contributed by atoms with E-state index in [0.29, 0.717) is 42.8 Å². The summed E-state index contributed by atoms with van der Waals surface area (Å²) in [4.78, 5) is 14.8. The van der Waals surface area contributed by atoms with Gasteiger partial charge in [-0.05, 0) is 18.2 Å². The Labute approximate surface area is 157 Å². The van der Waals surface area contributed by atoms with Crippen molar-refractivity contribution in [3.63, 3.8) is 0 Å². The van der Waals surface area contributed by atoms with Gasteiger partial charge in [0.1, 0.15) is 11.0 Å². The quantitative estimate of drug-likeness (QED) is 0.754. The van der Waals surface area contributed by atoms with Crippen LogP contribution in [0.1, 0.15) is 10.4 Å². The van der Waals surface area contributed by atoms with Crippen LogP contribution >= 0.6 is 0 Å². The van der Waals surface area contributed by atoms with Crippen LogP contribution in [0.3, 0.4) is 0 Å². The highest BCUT2D eigenvalue weighted by Gasteiger charge is 2.41. The summed E-state index contributed by atoms with van der Waals surface area (Å²) in [5, 5.41) is 10.6. The highest BCUT2D eigenvalue weighted by molar-refractivity contribution is 7.86. The van der Waals surface area contributed by atoms with Crippen molar-refractivity contribution in [2.45, 2.75) is 6.04 Å². The summed E-state index contributed by atoms with van der Waals surface area (Å²) in [6, 6.07) is 4.76. The van der Waals surface area contributed by atoms with E-state index < -0.39 is 16.3 Å². The molecule has 10 nitrogen and oxygen atoms in total. The van der Waals surface area contributed by atoms with E-state index in [-0.39, 0.29) is 18.4 Å². The van der Waals surface area contributed by atoms with Crippen LogP contribution in [0.15, 0.2) is 18.2 Å². The van der Waals surface area contributed by atoms with Gasteiger partial charge in [0.2, 0.25) is 0 Å². The number of ether oxygens (including phenoxy) is 1. The van der Waals surface area contributed by atoms with Crippen LogP contribution in [0.25, 0.3) is 11.0 Å². The van der Waals surface area contributed by atoms with E-state index in [1.165, 1.54) is 22.7 Å². The average Bonchev–Trinajstić information content (AvgIpc) is 2.88. The van der Waals surface area contributed by atoms with Crippen LogP contribution in [0.2, 0.25) is 0 Å². The number of nitrogens with one attached hydrogen (secondary N) is 1. The molecule has 2 bridgehead atoms. The van der Waals surface area contributed by atoms with E-state index in [4.69, 9.17) is 4.74 Å². The molecule has 2 aliphatic heterocycles. The fourth-order valence-corrected chi connectivity index (χ4v) is 4.94. The van der Waals surface area contributed by atoms with Crippen LogP contribution in [0.4, 0.5) is 0 Å². The number of H-pyrrole nitrogens is 1.